The molecule has 3 aromatic heterocycles. The van der Waals surface area contributed by atoms with Gasteiger partial charge in [0.1, 0.15) is 11.5 Å². The van der Waals surface area contributed by atoms with Gasteiger partial charge in [-0.15, -0.1) is 0 Å². The van der Waals surface area contributed by atoms with E-state index in [1.165, 1.54) is 18.6 Å². The smallest absolute Gasteiger partial charge is 0.227 e. The van der Waals surface area contributed by atoms with Crippen LogP contribution in [0.25, 0.3) is 55.7 Å². The predicted octanol–water partition coefficient (Wildman–Crippen LogP) is 7.49. The Labute approximate surface area is 229 Å². The van der Waals surface area contributed by atoms with Crippen molar-refractivity contribution in [1.29, 1.82) is 0 Å². The van der Waals surface area contributed by atoms with Crippen molar-refractivity contribution in [3.05, 3.63) is 84.9 Å². The lowest BCUT2D eigenvalue weighted by atomic mass is 9.88. The van der Waals surface area contributed by atoms with Gasteiger partial charge in [-0.3, -0.25) is 14.9 Å². The number of anilines is 1. The minimum absolute atomic E-state index is 0.0784. The lowest BCUT2D eigenvalue weighted by molar-refractivity contribution is -0.120. The van der Waals surface area contributed by atoms with Crippen LogP contribution in [0.2, 0.25) is 0 Å². The molecule has 3 N–H and O–H groups in total. The maximum atomic E-state index is 13.5. The highest BCUT2D eigenvalue weighted by atomic mass is 19.1. The van der Waals surface area contributed by atoms with Crippen LogP contribution in [0.5, 0.6) is 0 Å². The molecule has 1 amide bonds. The van der Waals surface area contributed by atoms with Gasteiger partial charge in [-0.05, 0) is 60.4 Å². The first-order chi connectivity index (χ1) is 19.6. The highest BCUT2D eigenvalue weighted by Crippen LogP contribution is 2.34. The average molecular weight is 531 g/mol. The largest absolute Gasteiger partial charge is 0.337 e. The summed E-state index contributed by atoms with van der Waals surface area (Å²) in [5.41, 5.74) is 7.61. The summed E-state index contributed by atoms with van der Waals surface area (Å²) in [5, 5.41) is 11.7. The van der Waals surface area contributed by atoms with Crippen molar-refractivity contribution < 1.29 is 9.18 Å². The monoisotopic (exact) mass is 530 g/mol. The van der Waals surface area contributed by atoms with Gasteiger partial charge in [0.2, 0.25) is 5.91 Å². The molecule has 8 heteroatoms. The Morgan fingerprint density at radius 2 is 1.70 bits per heavy atom. The SMILES string of the molecule is O=C(Nc1cncc(-c2ccc3[nH]nc(-c4nc5c(-c6ccc(F)cc6)cccc5[nH]4)c3c2)c1)C1CCCCC1. The fourth-order valence-electron chi connectivity index (χ4n) is 5.66. The van der Waals surface area contributed by atoms with Gasteiger partial charge in [0.15, 0.2) is 5.82 Å². The zero-order valence-corrected chi connectivity index (χ0v) is 21.7. The summed E-state index contributed by atoms with van der Waals surface area (Å²) in [7, 11) is 0. The third-order valence-electron chi connectivity index (χ3n) is 7.77. The van der Waals surface area contributed by atoms with Crippen molar-refractivity contribution in [3.8, 4) is 33.8 Å². The lowest BCUT2D eigenvalue weighted by Gasteiger charge is -2.20. The van der Waals surface area contributed by atoms with Crippen LogP contribution in [0.15, 0.2) is 79.1 Å². The van der Waals surface area contributed by atoms with Gasteiger partial charge in [0.25, 0.3) is 0 Å². The number of nitrogens with zero attached hydrogens (tertiary/aromatic N) is 3. The van der Waals surface area contributed by atoms with E-state index in [1.54, 1.807) is 24.5 Å². The van der Waals surface area contributed by atoms with Crippen LogP contribution in [0, 0.1) is 11.7 Å². The molecule has 0 atom stereocenters. The molecule has 7 rings (SSSR count). The number of carbonyl (C=O) groups is 1. The molecule has 0 saturated heterocycles. The maximum Gasteiger partial charge on any atom is 0.227 e. The number of nitrogens with one attached hydrogen (secondary N) is 3. The molecule has 1 aliphatic rings. The van der Waals surface area contributed by atoms with Crippen LogP contribution < -0.4 is 5.32 Å². The first-order valence-electron chi connectivity index (χ1n) is 13.6. The third kappa shape index (κ3) is 4.51. The number of aromatic amines is 2. The van der Waals surface area contributed by atoms with Gasteiger partial charge in [0.05, 0.1) is 28.4 Å². The Balaban J connectivity index is 1.22. The standard InChI is InChI=1S/C32H27FN6O/c33-23-12-9-19(10-13-23)25-7-4-8-28-29(25)37-31(36-28)30-26-16-21(11-14-27(26)38-39-30)22-15-24(18-34-17-22)35-32(40)20-5-2-1-3-6-20/h4,7-18,20H,1-3,5-6H2,(H,35,40)(H,36,37)(H,38,39). The Morgan fingerprint density at radius 3 is 2.55 bits per heavy atom. The maximum absolute atomic E-state index is 13.5. The number of hydrogen-bond acceptors (Lipinski definition) is 4. The molecule has 6 aromatic rings. The number of H-pyrrole nitrogens is 2. The number of benzene rings is 3. The summed E-state index contributed by atoms with van der Waals surface area (Å²) in [5.74, 6) is 0.523. The Bertz CT molecular complexity index is 1850. The molecule has 1 aliphatic carbocycles. The van der Waals surface area contributed by atoms with Crippen LogP contribution in [0.1, 0.15) is 32.1 Å². The number of halogens is 1. The van der Waals surface area contributed by atoms with Gasteiger partial charge >= 0.3 is 0 Å². The van der Waals surface area contributed by atoms with Crippen LogP contribution in [-0.2, 0) is 4.79 Å². The van der Waals surface area contributed by atoms with Crippen molar-refractivity contribution in [2.75, 3.05) is 5.32 Å². The molecule has 0 aliphatic heterocycles. The van der Waals surface area contributed by atoms with E-state index in [0.29, 0.717) is 17.2 Å². The number of rotatable bonds is 5. The topological polar surface area (TPSA) is 99.3 Å². The number of pyridine rings is 1. The van der Waals surface area contributed by atoms with E-state index in [4.69, 9.17) is 4.98 Å². The summed E-state index contributed by atoms with van der Waals surface area (Å²) in [4.78, 5) is 25.5. The molecule has 3 heterocycles. The van der Waals surface area contributed by atoms with Gasteiger partial charge in [-0.2, -0.15) is 5.10 Å². The molecule has 1 fully saturated rings. The summed E-state index contributed by atoms with van der Waals surface area (Å²) in [6.07, 6.45) is 8.83. The number of aromatic nitrogens is 5. The van der Waals surface area contributed by atoms with Crippen molar-refractivity contribution in [3.63, 3.8) is 0 Å². The average Bonchev–Trinajstić information content (AvgIpc) is 3.62. The van der Waals surface area contributed by atoms with E-state index >= 15 is 0 Å². The minimum atomic E-state index is -0.273. The summed E-state index contributed by atoms with van der Waals surface area (Å²) in [6.45, 7) is 0. The first kappa shape index (κ1) is 24.2. The van der Waals surface area contributed by atoms with Crippen LogP contribution in [0.3, 0.4) is 0 Å². The molecular weight excluding hydrogens is 503 g/mol. The number of para-hydroxylation sites is 1. The van der Waals surface area contributed by atoms with Crippen molar-refractivity contribution in [2.45, 2.75) is 32.1 Å². The zero-order valence-electron chi connectivity index (χ0n) is 21.7. The molecule has 7 nitrogen and oxygen atoms in total. The Hall–Kier alpha value is -4.85. The van der Waals surface area contributed by atoms with Crippen molar-refractivity contribution in [1.82, 2.24) is 25.1 Å². The second-order valence-corrected chi connectivity index (χ2v) is 10.4. The second kappa shape index (κ2) is 10.0. The molecule has 0 spiro atoms. The molecule has 0 bridgehead atoms. The van der Waals surface area contributed by atoms with E-state index in [9.17, 15) is 9.18 Å². The highest BCUT2D eigenvalue weighted by molar-refractivity contribution is 5.99. The molecule has 40 heavy (non-hydrogen) atoms. The fourth-order valence-corrected chi connectivity index (χ4v) is 5.66. The van der Waals surface area contributed by atoms with Gasteiger partial charge < -0.3 is 10.3 Å². The van der Waals surface area contributed by atoms with E-state index in [0.717, 1.165) is 69.9 Å². The third-order valence-corrected chi connectivity index (χ3v) is 7.77. The molecular formula is C32H27FN6O. The van der Waals surface area contributed by atoms with Gasteiger partial charge in [0, 0.05) is 28.6 Å². The van der Waals surface area contributed by atoms with Crippen molar-refractivity contribution >= 4 is 33.5 Å². The zero-order chi connectivity index (χ0) is 27.1. The normalized spacial score (nSPS) is 14.1. The number of hydrogen-bond donors (Lipinski definition) is 3. The number of amides is 1. The lowest BCUT2D eigenvalue weighted by Crippen LogP contribution is -2.24. The van der Waals surface area contributed by atoms with Crippen LogP contribution in [0.4, 0.5) is 10.1 Å². The van der Waals surface area contributed by atoms with Crippen LogP contribution >= 0.6 is 0 Å². The quantitative estimate of drug-likeness (QED) is 0.215. The number of carbonyl (C=O) groups excluding carboxylic acids is 1. The Kier molecular flexibility index (Phi) is 6.07. The number of fused-ring (bicyclic) bond motifs is 2. The number of imidazole rings is 1. The van der Waals surface area contributed by atoms with E-state index in [1.807, 2.05) is 36.4 Å². The van der Waals surface area contributed by atoms with E-state index < -0.39 is 0 Å². The molecule has 198 valence electrons. The highest BCUT2D eigenvalue weighted by Gasteiger charge is 2.21. The molecule has 1 saturated carbocycles. The first-order valence-corrected chi connectivity index (χ1v) is 13.6. The van der Waals surface area contributed by atoms with E-state index in [-0.39, 0.29) is 17.6 Å². The Morgan fingerprint density at radius 1 is 0.875 bits per heavy atom. The van der Waals surface area contributed by atoms with Gasteiger partial charge in [-0.25, -0.2) is 9.37 Å². The predicted molar refractivity (Wildman–Crippen MR) is 155 cm³/mol. The van der Waals surface area contributed by atoms with Crippen molar-refractivity contribution in [2.24, 2.45) is 5.92 Å². The summed E-state index contributed by atoms with van der Waals surface area (Å²) < 4.78 is 13.5. The molecule has 0 unspecified atom stereocenters. The van der Waals surface area contributed by atoms with Crippen LogP contribution in [-0.4, -0.2) is 31.1 Å². The molecule has 3 aromatic carbocycles. The van der Waals surface area contributed by atoms with Gasteiger partial charge in [-0.1, -0.05) is 49.6 Å². The fraction of sp³-hybridized carbons (Fsp3) is 0.188. The summed E-state index contributed by atoms with van der Waals surface area (Å²) in [6, 6.07) is 20.4. The molecule has 0 radical (unpaired) electrons. The summed E-state index contributed by atoms with van der Waals surface area (Å²) >= 11 is 0. The minimum Gasteiger partial charge on any atom is -0.337 e. The van der Waals surface area contributed by atoms with E-state index in [2.05, 4.69) is 31.5 Å². The second-order valence-electron chi connectivity index (χ2n) is 10.4.